The van der Waals surface area contributed by atoms with Crippen LogP contribution in [-0.4, -0.2) is 11.8 Å². The minimum absolute atomic E-state index is 0.0160. The highest BCUT2D eigenvalue weighted by Gasteiger charge is 2.20. The summed E-state index contributed by atoms with van der Waals surface area (Å²) < 4.78 is 13.1. The van der Waals surface area contributed by atoms with E-state index in [2.05, 4.69) is 31.6 Å². The molecule has 2 aromatic carbocycles. The van der Waals surface area contributed by atoms with Gasteiger partial charge in [-0.2, -0.15) is 5.26 Å². The molecule has 0 aliphatic carbocycles. The Labute approximate surface area is 151 Å². The van der Waals surface area contributed by atoms with Crippen LogP contribution in [0.3, 0.4) is 0 Å². The molecule has 0 saturated carbocycles. The molecule has 0 heterocycles. The highest BCUT2D eigenvalue weighted by Crippen LogP contribution is 2.22. The van der Waals surface area contributed by atoms with E-state index in [1.165, 1.54) is 18.2 Å². The van der Waals surface area contributed by atoms with Crippen LogP contribution in [0, 0.1) is 17.1 Å². The molecule has 0 bridgehead atoms. The van der Waals surface area contributed by atoms with E-state index < -0.39 is 11.9 Å². The van der Waals surface area contributed by atoms with Crippen molar-refractivity contribution in [1.29, 1.82) is 5.26 Å². The molecule has 2 rings (SSSR count). The second kappa shape index (κ2) is 7.64. The Kier molecular flexibility index (Phi) is 5.78. The topological polar surface area (TPSA) is 64.9 Å². The van der Waals surface area contributed by atoms with Crippen LogP contribution in [0.1, 0.15) is 36.7 Å². The number of hydrazine groups is 1. The number of nitriles is 1. The summed E-state index contributed by atoms with van der Waals surface area (Å²) in [6.45, 7) is 6.25. The molecule has 0 aliphatic rings. The first-order valence-corrected chi connectivity index (χ1v) is 8.11. The zero-order valence-corrected chi connectivity index (χ0v) is 15.0. The molecule has 0 saturated heterocycles. The van der Waals surface area contributed by atoms with Crippen LogP contribution in [0.15, 0.2) is 42.5 Å². The van der Waals surface area contributed by atoms with Gasteiger partial charge in [0.1, 0.15) is 5.82 Å². The number of benzene rings is 2. The lowest BCUT2D eigenvalue weighted by Crippen LogP contribution is -2.39. The number of nitrogens with zero attached hydrogens (tertiary/aromatic N) is 1. The first-order chi connectivity index (χ1) is 11.7. The number of anilines is 1. The summed E-state index contributed by atoms with van der Waals surface area (Å²) in [6, 6.07) is 12.0. The quantitative estimate of drug-likeness (QED) is 0.610. The van der Waals surface area contributed by atoms with E-state index in [0.717, 1.165) is 5.56 Å². The molecule has 0 amide bonds. The molecular formula is C19H19ClFN3O. The van der Waals surface area contributed by atoms with Gasteiger partial charge in [0, 0.05) is 5.56 Å². The summed E-state index contributed by atoms with van der Waals surface area (Å²) in [5, 5.41) is 9.21. The van der Waals surface area contributed by atoms with Crippen molar-refractivity contribution in [3.8, 4) is 6.07 Å². The fourth-order valence-electron chi connectivity index (χ4n) is 2.19. The van der Waals surface area contributed by atoms with Crippen molar-refractivity contribution < 1.29 is 9.18 Å². The first-order valence-electron chi connectivity index (χ1n) is 7.73. The molecule has 1 atom stereocenters. The molecule has 130 valence electrons. The number of carbonyl (C=O) groups is 1. The maximum Gasteiger partial charge on any atom is 0.195 e. The van der Waals surface area contributed by atoms with Gasteiger partial charge in [-0.3, -0.25) is 4.79 Å². The van der Waals surface area contributed by atoms with Crippen LogP contribution in [-0.2, 0) is 5.41 Å². The van der Waals surface area contributed by atoms with Crippen LogP contribution in [0.25, 0.3) is 0 Å². The maximum absolute atomic E-state index is 13.1. The van der Waals surface area contributed by atoms with E-state index in [1.54, 1.807) is 12.1 Å². The van der Waals surface area contributed by atoms with Crippen LogP contribution in [0.2, 0.25) is 5.02 Å². The van der Waals surface area contributed by atoms with E-state index in [9.17, 15) is 14.4 Å². The minimum Gasteiger partial charge on any atom is -0.320 e. The molecule has 0 aromatic heterocycles. The van der Waals surface area contributed by atoms with Gasteiger partial charge in [-0.25, -0.2) is 9.82 Å². The Morgan fingerprint density at radius 2 is 1.84 bits per heavy atom. The summed E-state index contributed by atoms with van der Waals surface area (Å²) in [6.07, 6.45) is 0. The third-order valence-electron chi connectivity index (χ3n) is 3.71. The Balaban J connectivity index is 2.08. The average molecular weight is 360 g/mol. The molecule has 6 heteroatoms. The Morgan fingerprint density at radius 1 is 1.20 bits per heavy atom. The van der Waals surface area contributed by atoms with E-state index in [4.69, 9.17) is 11.6 Å². The molecule has 0 spiro atoms. The number of nitrogens with one attached hydrogen (secondary N) is 2. The standard InChI is InChI=1S/C19H19ClFN3O/c1-19(2,3)13-6-4-12(5-7-13)18(25)17(11-22)24-23-14-8-9-16(21)15(20)10-14/h4-10,17,23-24H,1-3H3. The van der Waals surface area contributed by atoms with Crippen LogP contribution < -0.4 is 10.9 Å². The molecule has 4 nitrogen and oxygen atoms in total. The van der Waals surface area contributed by atoms with Crippen LogP contribution in [0.4, 0.5) is 10.1 Å². The van der Waals surface area contributed by atoms with Crippen LogP contribution in [0.5, 0.6) is 0 Å². The first kappa shape index (κ1) is 18.9. The lowest BCUT2D eigenvalue weighted by molar-refractivity contribution is 0.0969. The molecular weight excluding hydrogens is 341 g/mol. The predicted molar refractivity (Wildman–Crippen MR) is 97.0 cm³/mol. The number of rotatable bonds is 5. The van der Waals surface area contributed by atoms with E-state index >= 15 is 0 Å². The maximum atomic E-state index is 13.1. The van der Waals surface area contributed by atoms with Gasteiger partial charge in [0.2, 0.25) is 0 Å². The fourth-order valence-corrected chi connectivity index (χ4v) is 2.37. The second-order valence-corrected chi connectivity index (χ2v) is 7.06. The molecule has 2 aromatic rings. The van der Waals surface area contributed by atoms with Gasteiger partial charge in [-0.05, 0) is 29.2 Å². The van der Waals surface area contributed by atoms with Crippen LogP contribution >= 0.6 is 11.6 Å². The third kappa shape index (κ3) is 4.79. The van der Waals surface area contributed by atoms with Gasteiger partial charge >= 0.3 is 0 Å². The van der Waals surface area contributed by atoms with E-state index in [0.29, 0.717) is 11.3 Å². The number of ketones is 1. The van der Waals surface area contributed by atoms with E-state index in [1.807, 2.05) is 18.2 Å². The zero-order chi connectivity index (χ0) is 18.6. The molecule has 1 unspecified atom stereocenters. The fraction of sp³-hybridized carbons (Fsp3) is 0.263. The lowest BCUT2D eigenvalue weighted by Gasteiger charge is -2.19. The van der Waals surface area contributed by atoms with Crippen molar-refractivity contribution in [1.82, 2.24) is 5.43 Å². The van der Waals surface area contributed by atoms with Crippen molar-refractivity contribution >= 4 is 23.1 Å². The summed E-state index contributed by atoms with van der Waals surface area (Å²) in [7, 11) is 0. The van der Waals surface area contributed by atoms with Gasteiger partial charge in [-0.1, -0.05) is 56.6 Å². The monoisotopic (exact) mass is 359 g/mol. The summed E-state index contributed by atoms with van der Waals surface area (Å²) in [5.74, 6) is -0.900. The van der Waals surface area contributed by atoms with Gasteiger partial charge in [0.05, 0.1) is 16.8 Å². The zero-order valence-electron chi connectivity index (χ0n) is 14.2. The normalized spacial score (nSPS) is 12.3. The minimum atomic E-state index is -1.09. The molecule has 0 radical (unpaired) electrons. The second-order valence-electron chi connectivity index (χ2n) is 6.65. The van der Waals surface area contributed by atoms with Crippen molar-refractivity contribution in [3.05, 3.63) is 64.4 Å². The summed E-state index contributed by atoms with van der Waals surface area (Å²) in [5.41, 5.74) is 7.31. The third-order valence-corrected chi connectivity index (χ3v) is 4.00. The predicted octanol–water partition coefficient (Wildman–Crippen LogP) is 4.47. The summed E-state index contributed by atoms with van der Waals surface area (Å²) >= 11 is 5.70. The largest absolute Gasteiger partial charge is 0.320 e. The molecule has 2 N–H and O–H groups in total. The number of hydrogen-bond acceptors (Lipinski definition) is 4. The van der Waals surface area contributed by atoms with E-state index in [-0.39, 0.29) is 16.2 Å². The highest BCUT2D eigenvalue weighted by molar-refractivity contribution is 6.31. The van der Waals surface area contributed by atoms with Gasteiger partial charge < -0.3 is 5.43 Å². The van der Waals surface area contributed by atoms with Gasteiger partial charge in [-0.15, -0.1) is 0 Å². The number of hydrogen-bond donors (Lipinski definition) is 2. The SMILES string of the molecule is CC(C)(C)c1ccc(C(=O)C(C#N)NNc2ccc(F)c(Cl)c2)cc1. The van der Waals surface area contributed by atoms with Gasteiger partial charge in [0.25, 0.3) is 0 Å². The molecule has 25 heavy (non-hydrogen) atoms. The average Bonchev–Trinajstić information content (AvgIpc) is 2.57. The number of halogens is 2. The Hall–Kier alpha value is -2.42. The lowest BCUT2D eigenvalue weighted by atomic mass is 9.86. The van der Waals surface area contributed by atoms with Crippen molar-refractivity contribution in [2.75, 3.05) is 5.43 Å². The summed E-state index contributed by atoms with van der Waals surface area (Å²) in [4.78, 5) is 12.5. The Morgan fingerprint density at radius 3 is 2.36 bits per heavy atom. The van der Waals surface area contributed by atoms with Crippen molar-refractivity contribution in [2.24, 2.45) is 0 Å². The van der Waals surface area contributed by atoms with Crippen molar-refractivity contribution in [3.63, 3.8) is 0 Å². The Bertz CT molecular complexity index is 807. The molecule has 0 aliphatic heterocycles. The highest BCUT2D eigenvalue weighted by atomic mass is 35.5. The smallest absolute Gasteiger partial charge is 0.195 e. The van der Waals surface area contributed by atoms with Crippen molar-refractivity contribution in [2.45, 2.75) is 32.2 Å². The van der Waals surface area contributed by atoms with Gasteiger partial charge in [0.15, 0.2) is 11.8 Å². The molecule has 0 fully saturated rings. The number of carbonyl (C=O) groups excluding carboxylic acids is 1. The number of Topliss-reactive ketones (excluding diaryl/α,β-unsaturated/α-hetero) is 1.